The quantitative estimate of drug-likeness (QED) is 0.753. The van der Waals surface area contributed by atoms with Gasteiger partial charge in [0, 0.05) is 32.1 Å². The molecule has 4 nitrogen and oxygen atoms in total. The first-order chi connectivity index (χ1) is 6.76. The van der Waals surface area contributed by atoms with Crippen molar-refractivity contribution < 1.29 is 4.74 Å². The Morgan fingerprint density at radius 3 is 3.00 bits per heavy atom. The maximum absolute atomic E-state index is 5.54. The summed E-state index contributed by atoms with van der Waals surface area (Å²) in [5.41, 5.74) is 8.49. The fraction of sp³-hybridized carbons (Fsp3) is 0.667. The lowest BCUT2D eigenvalue weighted by molar-refractivity contribution is 0.0759. The molecule has 1 aromatic rings. The van der Waals surface area contributed by atoms with E-state index in [9.17, 15) is 0 Å². The molecule has 0 saturated heterocycles. The van der Waals surface area contributed by atoms with Gasteiger partial charge in [-0.15, -0.1) is 11.3 Å². The highest BCUT2D eigenvalue weighted by atomic mass is 32.1. The van der Waals surface area contributed by atoms with Crippen molar-refractivity contribution in [2.45, 2.75) is 12.6 Å². The van der Waals surface area contributed by atoms with Crippen LogP contribution in [0.25, 0.3) is 0 Å². The molecule has 5 heteroatoms. The van der Waals surface area contributed by atoms with Gasteiger partial charge in [0.1, 0.15) is 0 Å². The average molecular weight is 215 g/mol. The molecule has 0 aliphatic carbocycles. The van der Waals surface area contributed by atoms with Crippen molar-refractivity contribution in [3.05, 3.63) is 16.6 Å². The van der Waals surface area contributed by atoms with Gasteiger partial charge in [-0.25, -0.2) is 4.98 Å². The zero-order chi connectivity index (χ0) is 10.4. The summed E-state index contributed by atoms with van der Waals surface area (Å²) in [5, 5.41) is 2.06. The molecule has 0 aliphatic rings. The molecule has 0 spiro atoms. The molecule has 14 heavy (non-hydrogen) atoms. The molecule has 0 amide bonds. The van der Waals surface area contributed by atoms with Gasteiger partial charge in [0.15, 0.2) is 0 Å². The zero-order valence-electron chi connectivity index (χ0n) is 8.64. The Morgan fingerprint density at radius 2 is 2.50 bits per heavy atom. The summed E-state index contributed by atoms with van der Waals surface area (Å²) in [4.78, 5) is 6.38. The van der Waals surface area contributed by atoms with E-state index in [1.807, 2.05) is 12.6 Å². The first-order valence-electron chi connectivity index (χ1n) is 4.54. The van der Waals surface area contributed by atoms with Crippen molar-refractivity contribution in [2.75, 3.05) is 27.2 Å². The van der Waals surface area contributed by atoms with Crippen molar-refractivity contribution in [1.29, 1.82) is 0 Å². The third-order valence-corrected chi connectivity index (χ3v) is 2.66. The van der Waals surface area contributed by atoms with Crippen LogP contribution in [0.2, 0.25) is 0 Å². The van der Waals surface area contributed by atoms with E-state index < -0.39 is 0 Å². The molecule has 1 rings (SSSR count). The number of rotatable bonds is 6. The van der Waals surface area contributed by atoms with Crippen LogP contribution in [-0.2, 0) is 11.3 Å². The first kappa shape index (κ1) is 11.6. The Hall–Kier alpha value is -0.490. The van der Waals surface area contributed by atoms with Gasteiger partial charge < -0.3 is 10.5 Å². The number of methoxy groups -OCH3 is 1. The van der Waals surface area contributed by atoms with E-state index in [2.05, 4.69) is 15.3 Å². The largest absolute Gasteiger partial charge is 0.379 e. The minimum atomic E-state index is 0.110. The Balaban J connectivity index is 2.31. The van der Waals surface area contributed by atoms with Gasteiger partial charge in [0.25, 0.3) is 0 Å². The Kier molecular flexibility index (Phi) is 5.03. The zero-order valence-corrected chi connectivity index (χ0v) is 9.46. The summed E-state index contributed by atoms with van der Waals surface area (Å²) >= 11 is 1.62. The highest BCUT2D eigenvalue weighted by molar-refractivity contribution is 7.07. The van der Waals surface area contributed by atoms with Gasteiger partial charge in [-0.3, -0.25) is 4.90 Å². The monoisotopic (exact) mass is 215 g/mol. The van der Waals surface area contributed by atoms with Crippen molar-refractivity contribution in [3.63, 3.8) is 0 Å². The molecule has 1 atom stereocenters. The van der Waals surface area contributed by atoms with Crippen LogP contribution in [0.5, 0.6) is 0 Å². The molecule has 0 fully saturated rings. The number of likely N-dealkylation sites (N-methyl/N-ethyl adjacent to an activating group) is 1. The van der Waals surface area contributed by atoms with Crippen molar-refractivity contribution in [1.82, 2.24) is 9.88 Å². The topological polar surface area (TPSA) is 51.4 Å². The molecule has 0 aromatic carbocycles. The number of ether oxygens (including phenoxy) is 1. The van der Waals surface area contributed by atoms with Crippen LogP contribution in [0.1, 0.15) is 5.69 Å². The summed E-state index contributed by atoms with van der Waals surface area (Å²) in [6.45, 7) is 2.24. The fourth-order valence-corrected chi connectivity index (χ4v) is 1.80. The van der Waals surface area contributed by atoms with E-state index >= 15 is 0 Å². The van der Waals surface area contributed by atoms with E-state index in [0.717, 1.165) is 18.8 Å². The number of thiazole rings is 1. The third kappa shape index (κ3) is 3.71. The molecule has 0 bridgehead atoms. The van der Waals surface area contributed by atoms with Gasteiger partial charge in [-0.1, -0.05) is 0 Å². The fourth-order valence-electron chi connectivity index (χ4n) is 1.25. The van der Waals surface area contributed by atoms with E-state index in [-0.39, 0.29) is 6.10 Å². The Labute approximate surface area is 88.7 Å². The number of nitrogens with zero attached hydrogens (tertiary/aromatic N) is 2. The van der Waals surface area contributed by atoms with E-state index in [1.54, 1.807) is 18.4 Å². The van der Waals surface area contributed by atoms with Crippen LogP contribution < -0.4 is 5.73 Å². The van der Waals surface area contributed by atoms with Crippen LogP contribution in [0, 0.1) is 0 Å². The minimum absolute atomic E-state index is 0.110. The second-order valence-corrected chi connectivity index (χ2v) is 3.99. The smallest absolute Gasteiger partial charge is 0.0820 e. The maximum atomic E-state index is 5.54. The van der Waals surface area contributed by atoms with Crippen molar-refractivity contribution in [2.24, 2.45) is 5.73 Å². The minimum Gasteiger partial charge on any atom is -0.379 e. The molecule has 1 unspecified atom stereocenters. The lowest BCUT2D eigenvalue weighted by Gasteiger charge is -2.21. The molecule has 0 aliphatic heterocycles. The van der Waals surface area contributed by atoms with Crippen molar-refractivity contribution in [3.8, 4) is 0 Å². The van der Waals surface area contributed by atoms with E-state index in [1.165, 1.54) is 0 Å². The Morgan fingerprint density at radius 1 is 1.71 bits per heavy atom. The van der Waals surface area contributed by atoms with E-state index in [0.29, 0.717) is 6.54 Å². The van der Waals surface area contributed by atoms with Crippen LogP contribution >= 0.6 is 11.3 Å². The molecule has 80 valence electrons. The normalized spacial score (nSPS) is 13.4. The average Bonchev–Trinajstić information content (AvgIpc) is 2.66. The van der Waals surface area contributed by atoms with E-state index in [4.69, 9.17) is 10.5 Å². The van der Waals surface area contributed by atoms with Crippen LogP contribution in [0.4, 0.5) is 0 Å². The van der Waals surface area contributed by atoms with Gasteiger partial charge in [0.2, 0.25) is 0 Å². The second kappa shape index (κ2) is 6.08. The summed E-state index contributed by atoms with van der Waals surface area (Å²) in [6, 6.07) is 0. The van der Waals surface area contributed by atoms with Gasteiger partial charge in [-0.2, -0.15) is 0 Å². The van der Waals surface area contributed by atoms with Crippen LogP contribution in [0.3, 0.4) is 0 Å². The molecule has 0 radical (unpaired) electrons. The third-order valence-electron chi connectivity index (χ3n) is 2.03. The predicted molar refractivity (Wildman–Crippen MR) is 58.3 cm³/mol. The highest BCUT2D eigenvalue weighted by Crippen LogP contribution is 2.04. The van der Waals surface area contributed by atoms with Gasteiger partial charge in [0.05, 0.1) is 17.3 Å². The highest BCUT2D eigenvalue weighted by Gasteiger charge is 2.09. The summed E-state index contributed by atoms with van der Waals surface area (Å²) < 4.78 is 5.20. The molecule has 1 heterocycles. The van der Waals surface area contributed by atoms with Crippen LogP contribution in [0.15, 0.2) is 10.9 Å². The first-order valence-corrected chi connectivity index (χ1v) is 5.49. The van der Waals surface area contributed by atoms with Gasteiger partial charge in [-0.05, 0) is 7.05 Å². The number of nitrogens with two attached hydrogens (primary N) is 1. The van der Waals surface area contributed by atoms with Crippen LogP contribution in [-0.4, -0.2) is 43.2 Å². The standard InChI is InChI=1S/C9H17N3OS/c1-12(5-9(3-10)13-2)4-8-6-14-7-11-8/h6-7,9H,3-5,10H2,1-2H3. The summed E-state index contributed by atoms with van der Waals surface area (Å²) in [7, 11) is 3.73. The molecule has 2 N–H and O–H groups in total. The molecular weight excluding hydrogens is 198 g/mol. The number of aromatic nitrogens is 1. The lowest BCUT2D eigenvalue weighted by Crippen LogP contribution is -2.35. The van der Waals surface area contributed by atoms with Crippen molar-refractivity contribution >= 4 is 11.3 Å². The molecular formula is C9H17N3OS. The molecule has 1 aromatic heterocycles. The molecule has 0 saturated carbocycles. The Bertz CT molecular complexity index is 236. The predicted octanol–water partition coefficient (Wildman–Crippen LogP) is 0.549. The second-order valence-electron chi connectivity index (χ2n) is 3.27. The number of hydrogen-bond acceptors (Lipinski definition) is 5. The maximum Gasteiger partial charge on any atom is 0.0820 e. The number of hydrogen-bond donors (Lipinski definition) is 1. The summed E-state index contributed by atoms with van der Waals surface area (Å²) in [6.07, 6.45) is 0.110. The summed E-state index contributed by atoms with van der Waals surface area (Å²) in [5.74, 6) is 0. The van der Waals surface area contributed by atoms with Gasteiger partial charge >= 0.3 is 0 Å². The lowest BCUT2D eigenvalue weighted by atomic mass is 10.3. The SMILES string of the molecule is COC(CN)CN(C)Cc1cscn1.